The number of anilines is 1. The Morgan fingerprint density at radius 1 is 1.07 bits per heavy atom. The first-order chi connectivity index (χ1) is 14.5. The van der Waals surface area contributed by atoms with Crippen molar-refractivity contribution >= 4 is 50.7 Å². The molecular formula is C21H18BrN5O2S. The van der Waals surface area contributed by atoms with Crippen LogP contribution in [-0.4, -0.2) is 32.4 Å². The molecule has 0 bridgehead atoms. The Bertz CT molecular complexity index is 1210. The number of amidine groups is 1. The van der Waals surface area contributed by atoms with Crippen LogP contribution < -0.4 is 10.5 Å². The molecule has 1 aromatic heterocycles. The Morgan fingerprint density at radius 2 is 1.77 bits per heavy atom. The van der Waals surface area contributed by atoms with Crippen molar-refractivity contribution < 1.29 is 4.79 Å². The van der Waals surface area contributed by atoms with E-state index in [1.807, 2.05) is 61.5 Å². The normalized spacial score (nSPS) is 15.6. The molecule has 1 aliphatic rings. The van der Waals surface area contributed by atoms with E-state index in [0.29, 0.717) is 16.5 Å². The highest BCUT2D eigenvalue weighted by Gasteiger charge is 2.35. The molecule has 0 unspecified atom stereocenters. The van der Waals surface area contributed by atoms with E-state index in [-0.39, 0.29) is 17.2 Å². The van der Waals surface area contributed by atoms with E-state index in [2.05, 4.69) is 26.1 Å². The molecule has 0 atom stereocenters. The minimum absolute atomic E-state index is 0.191. The van der Waals surface area contributed by atoms with E-state index >= 15 is 0 Å². The quantitative estimate of drug-likeness (QED) is 0.419. The van der Waals surface area contributed by atoms with Gasteiger partial charge in [0.15, 0.2) is 5.17 Å². The number of halogens is 1. The summed E-state index contributed by atoms with van der Waals surface area (Å²) in [5.74, 6) is 0.0229. The second-order valence-corrected chi connectivity index (χ2v) is 8.46. The Balaban J connectivity index is 1.72. The maximum Gasteiger partial charge on any atom is 0.296 e. The van der Waals surface area contributed by atoms with Gasteiger partial charge in [0, 0.05) is 11.5 Å². The van der Waals surface area contributed by atoms with Crippen LogP contribution in [0.5, 0.6) is 0 Å². The van der Waals surface area contributed by atoms with E-state index in [0.717, 1.165) is 15.7 Å². The fourth-order valence-corrected chi connectivity index (χ4v) is 4.23. The lowest BCUT2D eigenvalue weighted by Gasteiger charge is -2.13. The molecule has 0 N–H and O–H groups in total. The second kappa shape index (κ2) is 8.45. The first-order valence-electron chi connectivity index (χ1n) is 9.13. The molecule has 7 nitrogen and oxygen atoms in total. The van der Waals surface area contributed by atoms with Crippen molar-refractivity contribution in [3.05, 3.63) is 80.7 Å². The van der Waals surface area contributed by atoms with Crippen LogP contribution >= 0.6 is 27.7 Å². The molecule has 9 heteroatoms. The predicted octanol–water partition coefficient (Wildman–Crippen LogP) is 3.72. The molecule has 3 aromatic rings. The second-order valence-electron chi connectivity index (χ2n) is 6.61. The number of carbonyl (C=O) groups is 1. The zero-order valence-corrected chi connectivity index (χ0v) is 18.7. The van der Waals surface area contributed by atoms with Gasteiger partial charge in [-0.25, -0.2) is 9.58 Å². The van der Waals surface area contributed by atoms with Gasteiger partial charge in [-0.3, -0.25) is 14.3 Å². The summed E-state index contributed by atoms with van der Waals surface area (Å²) in [6.07, 6.45) is 1.61. The molecule has 0 spiro atoms. The highest BCUT2D eigenvalue weighted by Crippen LogP contribution is 2.28. The van der Waals surface area contributed by atoms with E-state index < -0.39 is 0 Å². The van der Waals surface area contributed by atoms with Gasteiger partial charge in [0.25, 0.3) is 5.56 Å². The fourth-order valence-electron chi connectivity index (χ4n) is 3.16. The van der Waals surface area contributed by atoms with Crippen molar-refractivity contribution in [2.75, 3.05) is 10.7 Å². The molecule has 0 saturated carbocycles. The maximum absolute atomic E-state index is 13.3. The average Bonchev–Trinajstić information content (AvgIpc) is 3.20. The summed E-state index contributed by atoms with van der Waals surface area (Å²) >= 11 is 4.66. The van der Waals surface area contributed by atoms with Crippen LogP contribution in [0.1, 0.15) is 11.3 Å². The minimum atomic E-state index is -0.276. The molecule has 2 aromatic carbocycles. The number of rotatable bonds is 4. The van der Waals surface area contributed by atoms with Crippen LogP contribution in [0, 0.1) is 6.92 Å². The maximum atomic E-state index is 13.3. The molecule has 152 valence electrons. The number of hydrogen-bond acceptors (Lipinski definition) is 5. The van der Waals surface area contributed by atoms with E-state index in [1.54, 1.807) is 22.6 Å². The average molecular weight is 484 g/mol. The molecule has 1 fully saturated rings. The van der Waals surface area contributed by atoms with Gasteiger partial charge in [-0.2, -0.15) is 5.10 Å². The zero-order chi connectivity index (χ0) is 21.3. The Labute approximate surface area is 185 Å². The number of benzene rings is 2. The SMILES string of the molecule is Cc1c(N2C(=O)CS/C2=N/N=C/c2ccc(Br)cc2)c(=O)n(-c2ccccc2)n1C. The fraction of sp³-hybridized carbons (Fsp3) is 0.143. The van der Waals surface area contributed by atoms with Crippen molar-refractivity contribution in [3.8, 4) is 5.69 Å². The third kappa shape index (κ3) is 3.78. The number of carbonyl (C=O) groups excluding carboxylic acids is 1. The van der Waals surface area contributed by atoms with E-state index in [1.165, 1.54) is 16.7 Å². The molecule has 1 amide bonds. The van der Waals surface area contributed by atoms with E-state index in [9.17, 15) is 9.59 Å². The smallest absolute Gasteiger partial charge is 0.283 e. The number of nitrogens with zero attached hydrogens (tertiary/aromatic N) is 5. The van der Waals surface area contributed by atoms with Crippen LogP contribution in [0.4, 0.5) is 5.69 Å². The first-order valence-corrected chi connectivity index (χ1v) is 10.9. The summed E-state index contributed by atoms with van der Waals surface area (Å²) in [6.45, 7) is 1.81. The molecule has 0 aliphatic carbocycles. The highest BCUT2D eigenvalue weighted by atomic mass is 79.9. The summed E-state index contributed by atoms with van der Waals surface area (Å²) in [5.41, 5.74) is 2.30. The van der Waals surface area contributed by atoms with Crippen molar-refractivity contribution in [2.45, 2.75) is 6.92 Å². The van der Waals surface area contributed by atoms with Crippen LogP contribution in [0.3, 0.4) is 0 Å². The minimum Gasteiger partial charge on any atom is -0.283 e. The van der Waals surface area contributed by atoms with Gasteiger partial charge in [-0.05, 0) is 36.8 Å². The molecular weight excluding hydrogens is 466 g/mol. The van der Waals surface area contributed by atoms with Crippen molar-refractivity contribution in [2.24, 2.45) is 17.3 Å². The molecule has 1 saturated heterocycles. The molecule has 2 heterocycles. The van der Waals surface area contributed by atoms with Gasteiger partial charge in [0.1, 0.15) is 5.69 Å². The lowest BCUT2D eigenvalue weighted by atomic mass is 10.2. The van der Waals surface area contributed by atoms with Gasteiger partial charge in [0.2, 0.25) is 5.91 Å². The number of amides is 1. The molecule has 1 aliphatic heterocycles. The predicted molar refractivity (Wildman–Crippen MR) is 125 cm³/mol. The third-order valence-corrected chi connectivity index (χ3v) is 6.18. The van der Waals surface area contributed by atoms with Gasteiger partial charge >= 0.3 is 0 Å². The van der Waals surface area contributed by atoms with Crippen molar-refractivity contribution in [1.29, 1.82) is 0 Å². The van der Waals surface area contributed by atoms with Gasteiger partial charge in [-0.15, -0.1) is 5.10 Å². The molecule has 0 radical (unpaired) electrons. The van der Waals surface area contributed by atoms with Gasteiger partial charge in [0.05, 0.1) is 23.3 Å². The lowest BCUT2D eigenvalue weighted by Crippen LogP contribution is -2.34. The summed E-state index contributed by atoms with van der Waals surface area (Å²) < 4.78 is 4.26. The standard InChI is InChI=1S/C21H18BrN5O2S/c1-14-19(20(29)27(25(14)2)17-6-4-3-5-7-17)26-18(28)13-30-21(26)24-23-12-15-8-10-16(22)11-9-15/h3-12H,13H2,1-2H3/b23-12+,24-21+. The summed E-state index contributed by atoms with van der Waals surface area (Å²) in [6, 6.07) is 16.9. The largest absolute Gasteiger partial charge is 0.296 e. The highest BCUT2D eigenvalue weighted by molar-refractivity contribution is 9.10. The number of aromatic nitrogens is 2. The van der Waals surface area contributed by atoms with Crippen molar-refractivity contribution in [1.82, 2.24) is 9.36 Å². The zero-order valence-electron chi connectivity index (χ0n) is 16.3. The molecule has 4 rings (SSSR count). The molecule has 30 heavy (non-hydrogen) atoms. The van der Waals surface area contributed by atoms with Crippen LogP contribution in [-0.2, 0) is 11.8 Å². The van der Waals surface area contributed by atoms with Crippen LogP contribution in [0.2, 0.25) is 0 Å². The van der Waals surface area contributed by atoms with Crippen LogP contribution in [0.15, 0.2) is 74.1 Å². The Hall–Kier alpha value is -2.91. The first kappa shape index (κ1) is 20.4. The third-order valence-electron chi connectivity index (χ3n) is 4.73. The summed E-state index contributed by atoms with van der Waals surface area (Å²) in [5, 5.41) is 8.74. The summed E-state index contributed by atoms with van der Waals surface area (Å²) in [4.78, 5) is 27.3. The monoisotopic (exact) mass is 483 g/mol. The van der Waals surface area contributed by atoms with Crippen LogP contribution in [0.25, 0.3) is 5.69 Å². The number of hydrogen-bond donors (Lipinski definition) is 0. The Kier molecular flexibility index (Phi) is 5.74. The topological polar surface area (TPSA) is 72.0 Å². The van der Waals surface area contributed by atoms with Crippen molar-refractivity contribution in [3.63, 3.8) is 0 Å². The van der Waals surface area contributed by atoms with E-state index in [4.69, 9.17) is 0 Å². The lowest BCUT2D eigenvalue weighted by molar-refractivity contribution is -0.115. The Morgan fingerprint density at radius 3 is 2.47 bits per heavy atom. The number of para-hydroxylation sites is 1. The number of thioether (sulfide) groups is 1. The van der Waals surface area contributed by atoms with Gasteiger partial charge in [-0.1, -0.05) is 58.0 Å². The summed E-state index contributed by atoms with van der Waals surface area (Å²) in [7, 11) is 1.80. The van der Waals surface area contributed by atoms with Gasteiger partial charge < -0.3 is 0 Å².